The molecule has 15 heavy (non-hydrogen) atoms. The van der Waals surface area contributed by atoms with Crippen LogP contribution in [-0.4, -0.2) is 23.1 Å². The van der Waals surface area contributed by atoms with Crippen molar-refractivity contribution in [1.29, 1.82) is 0 Å². The van der Waals surface area contributed by atoms with Crippen molar-refractivity contribution in [1.82, 2.24) is 0 Å². The monoisotopic (exact) mass is 322 g/mol. The highest BCUT2D eigenvalue weighted by molar-refractivity contribution is 5.74. The highest BCUT2D eigenvalue weighted by atomic mass is 127. The molecule has 0 aliphatic carbocycles. The molecule has 0 aliphatic rings. The Hall–Kier alpha value is -0.690. The summed E-state index contributed by atoms with van der Waals surface area (Å²) >= 11 is 0. The van der Waals surface area contributed by atoms with Crippen LogP contribution in [0, 0.1) is 0 Å². The molecule has 0 amide bonds. The summed E-state index contributed by atoms with van der Waals surface area (Å²) in [5.74, 6) is 0. The Balaban J connectivity index is 0.00000196. The van der Waals surface area contributed by atoms with Crippen LogP contribution in [0.5, 0.6) is 0 Å². The van der Waals surface area contributed by atoms with Crippen molar-refractivity contribution in [2.24, 2.45) is 12.2 Å². The summed E-state index contributed by atoms with van der Waals surface area (Å²) in [6.45, 7) is 0.199. The molecule has 2 N–H and O–H groups in total. The van der Waals surface area contributed by atoms with E-state index in [4.69, 9.17) is 10.3 Å². The lowest BCUT2D eigenvalue weighted by atomic mass is 10.1. The van der Waals surface area contributed by atoms with Gasteiger partial charge >= 0.3 is 0 Å². The first-order valence-corrected chi connectivity index (χ1v) is 4.55. The van der Waals surface area contributed by atoms with Crippen molar-refractivity contribution < 1.29 is 38.9 Å². The fourth-order valence-electron chi connectivity index (χ4n) is 1.26. The zero-order chi connectivity index (χ0) is 10.4. The van der Waals surface area contributed by atoms with Crippen LogP contribution in [0.4, 0.5) is 0 Å². The van der Waals surface area contributed by atoms with Gasteiger partial charge in [0.2, 0.25) is 5.69 Å². The molecule has 1 rings (SSSR count). The lowest BCUT2D eigenvalue weighted by Crippen LogP contribution is -3.00. The number of rotatable bonds is 4. The number of aryl methyl sites for hydroxylation is 2. The van der Waals surface area contributed by atoms with Gasteiger partial charge in [-0.25, -0.2) is 4.57 Å². The Morgan fingerprint density at radius 3 is 2.87 bits per heavy atom. The predicted octanol–water partition coefficient (Wildman–Crippen LogP) is -2.75. The Kier molecular flexibility index (Phi) is 7.23. The van der Waals surface area contributed by atoms with Gasteiger partial charge in [0.1, 0.15) is 13.3 Å². The Bertz CT molecular complexity index is 329. The Morgan fingerprint density at radius 2 is 2.27 bits per heavy atom. The van der Waals surface area contributed by atoms with E-state index in [2.05, 4.69) is 5.16 Å². The minimum Gasteiger partial charge on any atom is -1.00 e. The molecule has 1 aromatic heterocycles. The van der Waals surface area contributed by atoms with Gasteiger partial charge in [-0.3, -0.25) is 0 Å². The van der Waals surface area contributed by atoms with Crippen LogP contribution in [0.15, 0.2) is 23.5 Å². The van der Waals surface area contributed by atoms with Gasteiger partial charge in [-0.15, -0.1) is 0 Å². The summed E-state index contributed by atoms with van der Waals surface area (Å²) in [5.41, 5.74) is 1.97. The summed E-state index contributed by atoms with van der Waals surface area (Å²) in [5, 5.41) is 20.1. The number of oxime groups is 1. The molecule has 0 saturated heterocycles. The van der Waals surface area contributed by atoms with Crippen LogP contribution in [0.3, 0.4) is 0 Å². The molecule has 0 aliphatic heterocycles. The smallest absolute Gasteiger partial charge is 0.227 e. The molecule has 5 heteroatoms. The molecular formula is C10H15IN2O2. The molecular weight excluding hydrogens is 307 g/mol. The van der Waals surface area contributed by atoms with Crippen LogP contribution in [0.1, 0.15) is 17.7 Å². The quantitative estimate of drug-likeness (QED) is 0.208. The molecule has 1 heterocycles. The molecule has 0 atom stereocenters. The molecule has 0 bridgehead atoms. The topological polar surface area (TPSA) is 56.7 Å². The van der Waals surface area contributed by atoms with E-state index in [-0.39, 0.29) is 30.6 Å². The number of pyridine rings is 1. The average molecular weight is 322 g/mol. The standard InChI is InChI=1S/C10H14N2O2.HI/c1-12-5-4-9(3-2-6-13)7-10(12)8-11-14;/h4-5,7-8,13H,2-3,6H2,1H3;1H. The van der Waals surface area contributed by atoms with E-state index < -0.39 is 0 Å². The molecule has 0 unspecified atom stereocenters. The molecule has 0 spiro atoms. The van der Waals surface area contributed by atoms with Gasteiger partial charge in [0.15, 0.2) is 6.20 Å². The van der Waals surface area contributed by atoms with Crippen molar-refractivity contribution in [3.63, 3.8) is 0 Å². The van der Waals surface area contributed by atoms with Crippen LogP contribution in [0.2, 0.25) is 0 Å². The maximum atomic E-state index is 8.68. The number of aliphatic hydroxyl groups is 1. The number of aromatic nitrogens is 1. The number of hydrogen-bond donors (Lipinski definition) is 2. The van der Waals surface area contributed by atoms with Crippen molar-refractivity contribution in [3.05, 3.63) is 29.6 Å². The van der Waals surface area contributed by atoms with Crippen molar-refractivity contribution in [2.75, 3.05) is 6.61 Å². The van der Waals surface area contributed by atoms with Crippen LogP contribution < -0.4 is 28.5 Å². The summed E-state index contributed by atoms with van der Waals surface area (Å²) in [6, 6.07) is 3.93. The van der Waals surface area contributed by atoms with Gasteiger partial charge in [0.25, 0.3) is 0 Å². The third-order valence-corrected chi connectivity index (χ3v) is 2.07. The number of aliphatic hydroxyl groups excluding tert-OH is 1. The number of hydrogen-bond acceptors (Lipinski definition) is 3. The Morgan fingerprint density at radius 1 is 1.53 bits per heavy atom. The van der Waals surface area contributed by atoms with Gasteiger partial charge in [0.05, 0.1) is 0 Å². The second-order valence-corrected chi connectivity index (χ2v) is 3.14. The largest absolute Gasteiger partial charge is 1.00 e. The highest BCUT2D eigenvalue weighted by Gasteiger charge is 2.04. The number of nitrogens with zero attached hydrogens (tertiary/aromatic N) is 2. The lowest BCUT2D eigenvalue weighted by molar-refractivity contribution is -0.672. The van der Waals surface area contributed by atoms with E-state index in [1.54, 1.807) is 0 Å². The lowest BCUT2D eigenvalue weighted by Gasteiger charge is -1.99. The van der Waals surface area contributed by atoms with E-state index in [9.17, 15) is 0 Å². The molecule has 1 aromatic rings. The maximum absolute atomic E-state index is 8.68. The first-order valence-electron chi connectivity index (χ1n) is 4.55. The van der Waals surface area contributed by atoms with Gasteiger partial charge in [-0.2, -0.15) is 0 Å². The van der Waals surface area contributed by atoms with Crippen LogP contribution in [-0.2, 0) is 13.5 Å². The number of halogens is 1. The second-order valence-electron chi connectivity index (χ2n) is 3.14. The van der Waals surface area contributed by atoms with Gasteiger partial charge in [0, 0.05) is 18.7 Å². The van der Waals surface area contributed by atoms with Gasteiger partial charge in [-0.05, 0) is 18.4 Å². The zero-order valence-corrected chi connectivity index (χ0v) is 10.8. The normalized spacial score (nSPS) is 10.3. The first-order chi connectivity index (χ1) is 6.77. The molecule has 84 valence electrons. The second kappa shape index (κ2) is 7.58. The van der Waals surface area contributed by atoms with Crippen molar-refractivity contribution in [3.8, 4) is 0 Å². The van der Waals surface area contributed by atoms with E-state index in [0.29, 0.717) is 0 Å². The maximum Gasteiger partial charge on any atom is 0.227 e. The summed E-state index contributed by atoms with van der Waals surface area (Å²) in [4.78, 5) is 0. The fourth-order valence-corrected chi connectivity index (χ4v) is 1.26. The minimum atomic E-state index is 0. The SMILES string of the molecule is C[n+]1ccc(CCCO)cc1/C=N/O.[I-]. The molecule has 0 saturated carbocycles. The van der Waals surface area contributed by atoms with Gasteiger partial charge < -0.3 is 34.3 Å². The average Bonchev–Trinajstić information content (AvgIpc) is 2.19. The molecule has 0 radical (unpaired) electrons. The third-order valence-electron chi connectivity index (χ3n) is 2.07. The van der Waals surface area contributed by atoms with E-state index >= 15 is 0 Å². The summed E-state index contributed by atoms with van der Waals surface area (Å²) in [7, 11) is 1.88. The van der Waals surface area contributed by atoms with E-state index in [1.165, 1.54) is 6.21 Å². The van der Waals surface area contributed by atoms with Gasteiger partial charge in [-0.1, -0.05) is 5.16 Å². The van der Waals surface area contributed by atoms with E-state index in [1.807, 2.05) is 29.9 Å². The third kappa shape index (κ3) is 4.57. The minimum absolute atomic E-state index is 0. The summed E-state index contributed by atoms with van der Waals surface area (Å²) in [6.07, 6.45) is 4.89. The molecule has 0 fully saturated rings. The summed E-state index contributed by atoms with van der Waals surface area (Å²) < 4.78 is 1.86. The van der Waals surface area contributed by atoms with Crippen molar-refractivity contribution >= 4 is 6.21 Å². The predicted molar refractivity (Wildman–Crippen MR) is 52.4 cm³/mol. The van der Waals surface area contributed by atoms with Crippen LogP contribution >= 0.6 is 0 Å². The molecule has 0 aromatic carbocycles. The highest BCUT2D eigenvalue weighted by Crippen LogP contribution is 2.02. The van der Waals surface area contributed by atoms with E-state index in [0.717, 1.165) is 24.1 Å². The Labute approximate surface area is 106 Å². The van der Waals surface area contributed by atoms with Crippen molar-refractivity contribution in [2.45, 2.75) is 12.8 Å². The molecule has 4 nitrogen and oxygen atoms in total. The first kappa shape index (κ1) is 14.3. The fraction of sp³-hybridized carbons (Fsp3) is 0.400. The van der Waals surface area contributed by atoms with Crippen LogP contribution in [0.25, 0.3) is 0 Å². The zero-order valence-electron chi connectivity index (χ0n) is 8.60.